The number of hydrogen-bond acceptors (Lipinski definition) is 3. The van der Waals surface area contributed by atoms with Crippen molar-refractivity contribution in [2.24, 2.45) is 5.73 Å². The summed E-state index contributed by atoms with van der Waals surface area (Å²) >= 11 is 0. The summed E-state index contributed by atoms with van der Waals surface area (Å²) in [6.45, 7) is 2.28. The normalized spacial score (nSPS) is 11.7. The molecule has 1 aromatic rings. The predicted molar refractivity (Wildman–Crippen MR) is 63.8 cm³/mol. The number of halogens is 3. The topological polar surface area (TPSA) is 66.0 Å². The first-order valence-electron chi connectivity index (χ1n) is 5.34. The van der Waals surface area contributed by atoms with Crippen LogP contribution in [-0.4, -0.2) is 29.6 Å². The van der Waals surface area contributed by atoms with Gasteiger partial charge >= 0.3 is 6.18 Å². The van der Waals surface area contributed by atoms with Crippen LogP contribution < -0.4 is 10.6 Å². The van der Waals surface area contributed by atoms with Crippen molar-refractivity contribution < 1.29 is 13.2 Å². The van der Waals surface area contributed by atoms with Crippen LogP contribution in [-0.2, 0) is 0 Å². The lowest BCUT2D eigenvalue weighted by Crippen LogP contribution is -2.39. The first-order chi connectivity index (χ1) is 8.20. The number of aromatic nitrogens is 1. The summed E-state index contributed by atoms with van der Waals surface area (Å²) in [5.74, 6) is -0.271. The SMILES string of the molecule is CC(C)N(CC(F)(F)F)c1ccnc(C(=N)N)c1. The molecule has 100 valence electrons. The van der Waals surface area contributed by atoms with Crippen molar-refractivity contribution in [2.45, 2.75) is 26.1 Å². The lowest BCUT2D eigenvalue weighted by Gasteiger charge is -2.30. The fraction of sp³-hybridized carbons (Fsp3) is 0.455. The van der Waals surface area contributed by atoms with Crippen molar-refractivity contribution in [3.05, 3.63) is 24.0 Å². The first kappa shape index (κ1) is 14.3. The van der Waals surface area contributed by atoms with Crippen molar-refractivity contribution >= 4 is 11.5 Å². The Morgan fingerprint density at radius 2 is 2.11 bits per heavy atom. The molecule has 4 nitrogen and oxygen atoms in total. The van der Waals surface area contributed by atoms with E-state index in [-0.39, 0.29) is 17.6 Å². The Morgan fingerprint density at radius 1 is 1.50 bits per heavy atom. The predicted octanol–water partition coefficient (Wildman–Crippen LogP) is 2.14. The van der Waals surface area contributed by atoms with E-state index in [1.54, 1.807) is 13.8 Å². The van der Waals surface area contributed by atoms with Gasteiger partial charge in [-0.2, -0.15) is 13.2 Å². The molecule has 0 atom stereocenters. The van der Waals surface area contributed by atoms with E-state index in [9.17, 15) is 13.2 Å². The lowest BCUT2D eigenvalue weighted by atomic mass is 10.2. The van der Waals surface area contributed by atoms with Crippen LogP contribution in [0.3, 0.4) is 0 Å². The van der Waals surface area contributed by atoms with Gasteiger partial charge in [0.15, 0.2) is 0 Å². The Balaban J connectivity index is 3.06. The number of nitrogens with one attached hydrogen (secondary N) is 1. The Kier molecular flexibility index (Phi) is 4.15. The highest BCUT2D eigenvalue weighted by Crippen LogP contribution is 2.24. The van der Waals surface area contributed by atoms with Gasteiger partial charge in [-0.05, 0) is 26.0 Å². The first-order valence-corrected chi connectivity index (χ1v) is 5.34. The van der Waals surface area contributed by atoms with Gasteiger partial charge in [0, 0.05) is 17.9 Å². The molecule has 0 aliphatic rings. The highest BCUT2D eigenvalue weighted by atomic mass is 19.4. The lowest BCUT2D eigenvalue weighted by molar-refractivity contribution is -0.120. The van der Waals surface area contributed by atoms with E-state index >= 15 is 0 Å². The molecule has 0 aromatic carbocycles. The number of rotatable bonds is 4. The van der Waals surface area contributed by atoms with Crippen LogP contribution in [0.4, 0.5) is 18.9 Å². The van der Waals surface area contributed by atoms with Crippen LogP contribution in [0.1, 0.15) is 19.5 Å². The number of anilines is 1. The van der Waals surface area contributed by atoms with Crippen LogP contribution >= 0.6 is 0 Å². The van der Waals surface area contributed by atoms with E-state index in [1.807, 2.05) is 0 Å². The molecule has 1 rings (SSSR count). The van der Waals surface area contributed by atoms with Crippen LogP contribution in [0.15, 0.2) is 18.3 Å². The second-order valence-corrected chi connectivity index (χ2v) is 4.15. The van der Waals surface area contributed by atoms with Crippen molar-refractivity contribution in [1.29, 1.82) is 5.41 Å². The minimum absolute atomic E-state index is 0.167. The van der Waals surface area contributed by atoms with Gasteiger partial charge in [-0.15, -0.1) is 0 Å². The summed E-state index contributed by atoms with van der Waals surface area (Å²) in [6, 6.07) is 2.53. The van der Waals surface area contributed by atoms with E-state index in [4.69, 9.17) is 11.1 Å². The largest absolute Gasteiger partial charge is 0.405 e. The van der Waals surface area contributed by atoms with Gasteiger partial charge in [0.05, 0.1) is 0 Å². The molecule has 1 aromatic heterocycles. The summed E-state index contributed by atoms with van der Waals surface area (Å²) in [5, 5.41) is 7.23. The minimum Gasteiger partial charge on any atom is -0.382 e. The van der Waals surface area contributed by atoms with Crippen LogP contribution in [0.5, 0.6) is 0 Å². The highest BCUT2D eigenvalue weighted by Gasteiger charge is 2.32. The molecule has 0 saturated carbocycles. The van der Waals surface area contributed by atoms with E-state index in [2.05, 4.69) is 4.98 Å². The molecule has 1 heterocycles. The van der Waals surface area contributed by atoms with Crippen molar-refractivity contribution in [3.8, 4) is 0 Å². The average molecular weight is 260 g/mol. The smallest absolute Gasteiger partial charge is 0.382 e. The fourth-order valence-electron chi connectivity index (χ4n) is 1.51. The van der Waals surface area contributed by atoms with Crippen LogP contribution in [0, 0.1) is 5.41 Å². The van der Waals surface area contributed by atoms with Gasteiger partial charge in [0.1, 0.15) is 18.1 Å². The Bertz CT molecular complexity index is 429. The molecule has 3 N–H and O–H groups in total. The zero-order valence-corrected chi connectivity index (χ0v) is 10.1. The van der Waals surface area contributed by atoms with Gasteiger partial charge in [0.2, 0.25) is 0 Å². The standard InChI is InChI=1S/C11H15F3N4/c1-7(2)18(6-11(12,13)14)8-3-4-17-9(5-8)10(15)16/h3-5,7H,6H2,1-2H3,(H3,15,16). The third-order valence-corrected chi connectivity index (χ3v) is 2.32. The second kappa shape index (κ2) is 5.24. The van der Waals surface area contributed by atoms with E-state index < -0.39 is 12.7 Å². The fourth-order valence-corrected chi connectivity index (χ4v) is 1.51. The molecule has 18 heavy (non-hydrogen) atoms. The van der Waals surface area contributed by atoms with E-state index in [0.29, 0.717) is 5.69 Å². The number of nitrogens with zero attached hydrogens (tertiary/aromatic N) is 2. The maximum absolute atomic E-state index is 12.5. The van der Waals surface area contributed by atoms with Gasteiger partial charge in [-0.1, -0.05) is 0 Å². The monoisotopic (exact) mass is 260 g/mol. The van der Waals surface area contributed by atoms with Crippen LogP contribution in [0.2, 0.25) is 0 Å². The molecule has 7 heteroatoms. The zero-order chi connectivity index (χ0) is 13.9. The van der Waals surface area contributed by atoms with Crippen molar-refractivity contribution in [3.63, 3.8) is 0 Å². The van der Waals surface area contributed by atoms with Crippen molar-refractivity contribution in [1.82, 2.24) is 4.98 Å². The van der Waals surface area contributed by atoms with Crippen molar-refractivity contribution in [2.75, 3.05) is 11.4 Å². The number of nitrogen functional groups attached to an aromatic ring is 1. The third-order valence-electron chi connectivity index (χ3n) is 2.32. The number of hydrogen-bond donors (Lipinski definition) is 2. The number of alkyl halides is 3. The molecular weight excluding hydrogens is 245 g/mol. The van der Waals surface area contributed by atoms with E-state index in [1.165, 1.54) is 23.2 Å². The molecule has 0 spiro atoms. The molecule has 0 saturated heterocycles. The molecule has 0 amide bonds. The second-order valence-electron chi connectivity index (χ2n) is 4.15. The number of nitrogens with two attached hydrogens (primary N) is 1. The Morgan fingerprint density at radius 3 is 2.56 bits per heavy atom. The zero-order valence-electron chi connectivity index (χ0n) is 10.1. The Labute approximate surface area is 103 Å². The molecule has 0 unspecified atom stereocenters. The summed E-state index contributed by atoms with van der Waals surface area (Å²) in [5.41, 5.74) is 5.78. The molecule has 0 fully saturated rings. The molecule has 0 aliphatic heterocycles. The maximum atomic E-state index is 12.5. The van der Waals surface area contributed by atoms with Gasteiger partial charge in [0.25, 0.3) is 0 Å². The number of pyridine rings is 1. The van der Waals surface area contributed by atoms with Gasteiger partial charge in [-0.3, -0.25) is 10.4 Å². The molecule has 0 radical (unpaired) electrons. The average Bonchev–Trinajstić information content (AvgIpc) is 2.24. The third kappa shape index (κ3) is 3.90. The molecule has 0 aliphatic carbocycles. The minimum atomic E-state index is -4.29. The number of amidine groups is 1. The summed E-state index contributed by atoms with van der Waals surface area (Å²) in [7, 11) is 0. The maximum Gasteiger partial charge on any atom is 0.405 e. The van der Waals surface area contributed by atoms with E-state index in [0.717, 1.165) is 0 Å². The molecular formula is C11H15F3N4. The highest BCUT2D eigenvalue weighted by molar-refractivity contribution is 5.93. The Hall–Kier alpha value is -1.79. The molecule has 0 bridgehead atoms. The van der Waals surface area contributed by atoms with Gasteiger partial charge < -0.3 is 10.6 Å². The van der Waals surface area contributed by atoms with Gasteiger partial charge in [-0.25, -0.2) is 0 Å². The van der Waals surface area contributed by atoms with Crippen LogP contribution in [0.25, 0.3) is 0 Å². The summed E-state index contributed by atoms with van der Waals surface area (Å²) in [4.78, 5) is 5.01. The quantitative estimate of drug-likeness (QED) is 0.644. The summed E-state index contributed by atoms with van der Waals surface area (Å²) < 4.78 is 37.5. The summed E-state index contributed by atoms with van der Waals surface area (Å²) in [6.07, 6.45) is -2.94.